The molecule has 4 rings (SSSR count). The lowest BCUT2D eigenvalue weighted by molar-refractivity contribution is -0.152. The number of oxime groups is 1. The van der Waals surface area contributed by atoms with Crippen LogP contribution in [0.3, 0.4) is 0 Å². The minimum absolute atomic E-state index is 0. The molecule has 0 bridgehead atoms. The average molecular weight is 665 g/mol. The highest BCUT2D eigenvalue weighted by Crippen LogP contribution is 2.27. The lowest BCUT2D eigenvalue weighted by Crippen LogP contribution is -2.32. The fourth-order valence-corrected chi connectivity index (χ4v) is 5.22. The number of hydrogen-bond donors (Lipinski definition) is 1. The standard InChI is InChI=1S/C14H15NO.C9H16O2.C7H16.C6H13NO2S.2CH4/c1-11(2)16-15-10-12-7-8-13-5-3-4-6-14(13)9-12;1-7(2)9(10)11-8-5-3-4-6-8;1-6(2)7(3,4)5;1-5(2)7-10(8,9)6-3-4-6;;/h3-11H,1-2H3;7-8H,3-6H2,1-2H3;6H,1-5H3;5-7H,3-4H2,1-2H3;2*1H4/b15-10+;;;;;. The van der Waals surface area contributed by atoms with Crippen LogP contribution in [0.2, 0.25) is 0 Å². The molecule has 2 aliphatic rings. The molecule has 0 aliphatic heterocycles. The van der Waals surface area contributed by atoms with E-state index in [9.17, 15) is 13.2 Å². The molecule has 0 amide bonds. The molecule has 2 aliphatic carbocycles. The smallest absolute Gasteiger partial charge is 0.308 e. The zero-order chi connectivity index (χ0) is 33.5. The van der Waals surface area contributed by atoms with E-state index in [0.717, 1.165) is 37.2 Å². The van der Waals surface area contributed by atoms with Gasteiger partial charge in [0.25, 0.3) is 0 Å². The summed E-state index contributed by atoms with van der Waals surface area (Å²) in [5, 5.41) is 6.29. The van der Waals surface area contributed by atoms with E-state index >= 15 is 0 Å². The molecule has 46 heavy (non-hydrogen) atoms. The van der Waals surface area contributed by atoms with Crippen LogP contribution in [0.1, 0.15) is 135 Å². The molecule has 266 valence electrons. The summed E-state index contributed by atoms with van der Waals surface area (Å²) >= 11 is 0. The lowest BCUT2D eigenvalue weighted by atomic mass is 9.84. The Morgan fingerprint density at radius 1 is 0.870 bits per heavy atom. The van der Waals surface area contributed by atoms with Gasteiger partial charge in [0.05, 0.1) is 17.4 Å². The first kappa shape index (κ1) is 45.7. The molecule has 0 radical (unpaired) electrons. The second kappa shape index (κ2) is 22.2. The molecular weight excluding hydrogens is 596 g/mol. The van der Waals surface area contributed by atoms with Crippen molar-refractivity contribution in [2.45, 2.75) is 153 Å². The third kappa shape index (κ3) is 19.9. The first-order valence-electron chi connectivity index (χ1n) is 16.3. The molecule has 0 spiro atoms. The summed E-state index contributed by atoms with van der Waals surface area (Å²) in [5.41, 5.74) is 1.55. The van der Waals surface area contributed by atoms with Gasteiger partial charge in [-0.05, 0) is 100.0 Å². The highest BCUT2D eigenvalue weighted by molar-refractivity contribution is 7.90. The fraction of sp³-hybridized carbons (Fsp3) is 0.684. The van der Waals surface area contributed by atoms with E-state index in [1.807, 2.05) is 59.7 Å². The van der Waals surface area contributed by atoms with Gasteiger partial charge in [-0.15, -0.1) is 0 Å². The number of ether oxygens (including phenoxy) is 1. The molecule has 0 unspecified atom stereocenters. The van der Waals surface area contributed by atoms with Crippen LogP contribution in [0.5, 0.6) is 0 Å². The first-order chi connectivity index (χ1) is 20.4. The molecule has 2 aromatic rings. The maximum absolute atomic E-state index is 11.1. The molecule has 8 heteroatoms. The summed E-state index contributed by atoms with van der Waals surface area (Å²) < 4.78 is 30.0. The topological polar surface area (TPSA) is 94.1 Å². The third-order valence-corrected chi connectivity index (χ3v) is 9.55. The van der Waals surface area contributed by atoms with Crippen molar-refractivity contribution in [3.05, 3.63) is 48.0 Å². The van der Waals surface area contributed by atoms with Crippen LogP contribution in [0.4, 0.5) is 0 Å². The van der Waals surface area contributed by atoms with E-state index in [-0.39, 0.29) is 50.2 Å². The minimum Gasteiger partial charge on any atom is -0.462 e. The van der Waals surface area contributed by atoms with E-state index in [4.69, 9.17) is 9.57 Å². The third-order valence-electron chi connectivity index (χ3n) is 7.40. The second-order valence-corrected chi connectivity index (χ2v) is 16.0. The number of esters is 1. The van der Waals surface area contributed by atoms with Crippen LogP contribution < -0.4 is 4.72 Å². The zero-order valence-corrected chi connectivity index (χ0v) is 30.0. The van der Waals surface area contributed by atoms with Crippen molar-refractivity contribution < 1.29 is 22.8 Å². The van der Waals surface area contributed by atoms with Crippen LogP contribution in [-0.2, 0) is 24.4 Å². The highest BCUT2D eigenvalue weighted by Gasteiger charge is 2.35. The zero-order valence-electron chi connectivity index (χ0n) is 29.2. The Kier molecular flexibility index (Phi) is 22.0. The van der Waals surface area contributed by atoms with E-state index in [1.165, 1.54) is 23.6 Å². The van der Waals surface area contributed by atoms with Gasteiger partial charge in [-0.3, -0.25) is 4.79 Å². The molecule has 7 nitrogen and oxygen atoms in total. The Morgan fingerprint density at radius 2 is 1.39 bits per heavy atom. The summed E-state index contributed by atoms with van der Waals surface area (Å²) in [4.78, 5) is 16.2. The number of sulfonamides is 1. The van der Waals surface area contributed by atoms with Crippen molar-refractivity contribution in [3.63, 3.8) is 0 Å². The van der Waals surface area contributed by atoms with Gasteiger partial charge in [0.2, 0.25) is 10.0 Å². The van der Waals surface area contributed by atoms with Crippen LogP contribution in [0, 0.1) is 17.3 Å². The van der Waals surface area contributed by atoms with Crippen LogP contribution >= 0.6 is 0 Å². The molecule has 0 saturated heterocycles. The minimum atomic E-state index is -2.94. The van der Waals surface area contributed by atoms with Crippen molar-refractivity contribution >= 4 is 33.0 Å². The van der Waals surface area contributed by atoms with Gasteiger partial charge in [0, 0.05) is 6.04 Å². The van der Waals surface area contributed by atoms with Crippen molar-refractivity contribution in [2.24, 2.45) is 22.4 Å². The Hall–Kier alpha value is -2.45. The van der Waals surface area contributed by atoms with E-state index in [0.29, 0.717) is 5.41 Å². The van der Waals surface area contributed by atoms with E-state index in [1.54, 1.807) is 6.21 Å². The second-order valence-electron chi connectivity index (χ2n) is 14.0. The molecule has 0 aromatic heterocycles. The molecule has 1 N–H and O–H groups in total. The van der Waals surface area contributed by atoms with Crippen molar-refractivity contribution in [1.29, 1.82) is 0 Å². The predicted molar refractivity (Wildman–Crippen MR) is 199 cm³/mol. The fourth-order valence-electron chi connectivity index (χ4n) is 3.61. The maximum Gasteiger partial charge on any atom is 0.308 e. The Balaban J connectivity index is 0. The number of nitrogens with zero attached hydrogens (tertiary/aromatic N) is 1. The number of hydrogen-bond acceptors (Lipinski definition) is 6. The van der Waals surface area contributed by atoms with E-state index in [2.05, 4.69) is 68.8 Å². The monoisotopic (exact) mass is 664 g/mol. The van der Waals surface area contributed by atoms with Gasteiger partial charge in [-0.1, -0.05) is 105 Å². The quantitative estimate of drug-likeness (QED) is 0.172. The molecule has 2 aromatic carbocycles. The lowest BCUT2D eigenvalue weighted by Gasteiger charge is -2.22. The average Bonchev–Trinajstić information content (AvgIpc) is 3.67. The molecule has 2 fully saturated rings. The summed E-state index contributed by atoms with van der Waals surface area (Å²) in [6.07, 6.45) is 8.33. The number of benzene rings is 2. The van der Waals surface area contributed by atoms with Crippen LogP contribution in [-0.4, -0.2) is 44.1 Å². The summed E-state index contributed by atoms with van der Waals surface area (Å²) in [6.45, 7) is 22.6. The SMILES string of the molecule is C.C.CC(C)C(=O)OC1CCCC1.CC(C)C(C)(C)C.CC(C)NS(=O)(=O)C1CC1.CC(C)O/N=C/c1ccc2ccccc2c1. The van der Waals surface area contributed by atoms with Crippen molar-refractivity contribution in [1.82, 2.24) is 4.72 Å². The molecule has 0 heterocycles. The van der Waals surface area contributed by atoms with Crippen molar-refractivity contribution in [3.8, 4) is 0 Å². The van der Waals surface area contributed by atoms with Gasteiger partial charge in [0.15, 0.2) is 0 Å². The van der Waals surface area contributed by atoms with Gasteiger partial charge >= 0.3 is 5.97 Å². The number of carbonyl (C=O) groups excluding carboxylic acids is 1. The number of rotatable bonds is 8. The van der Waals surface area contributed by atoms with Gasteiger partial charge < -0.3 is 9.57 Å². The molecular formula is C38H68N2O5S. The summed E-state index contributed by atoms with van der Waals surface area (Å²) in [5.74, 6) is 0.778. The normalized spacial score (nSPS) is 14.8. The van der Waals surface area contributed by atoms with Gasteiger partial charge in [-0.2, -0.15) is 0 Å². The summed E-state index contributed by atoms with van der Waals surface area (Å²) in [6, 6.07) is 14.5. The molecule has 2 saturated carbocycles. The Morgan fingerprint density at radius 3 is 1.83 bits per heavy atom. The maximum atomic E-state index is 11.1. The van der Waals surface area contributed by atoms with Crippen LogP contribution in [0.25, 0.3) is 10.8 Å². The van der Waals surface area contributed by atoms with Crippen molar-refractivity contribution in [2.75, 3.05) is 0 Å². The van der Waals surface area contributed by atoms with Gasteiger partial charge in [0.1, 0.15) is 12.2 Å². The Bertz CT molecular complexity index is 1240. The van der Waals surface area contributed by atoms with E-state index < -0.39 is 10.0 Å². The number of nitrogens with one attached hydrogen (secondary N) is 1. The number of carbonyl (C=O) groups is 1. The predicted octanol–water partition coefficient (Wildman–Crippen LogP) is 10.2. The molecule has 0 atom stereocenters. The highest BCUT2D eigenvalue weighted by atomic mass is 32.2. The van der Waals surface area contributed by atoms with Crippen LogP contribution in [0.15, 0.2) is 47.6 Å². The Labute approximate surface area is 283 Å². The summed E-state index contributed by atoms with van der Waals surface area (Å²) in [7, 11) is -2.94. The number of fused-ring (bicyclic) bond motifs is 1. The van der Waals surface area contributed by atoms with Gasteiger partial charge in [-0.25, -0.2) is 13.1 Å². The first-order valence-corrected chi connectivity index (χ1v) is 17.9. The largest absolute Gasteiger partial charge is 0.462 e.